The van der Waals surface area contributed by atoms with Crippen LogP contribution in [0.15, 0.2) is 13.7 Å². The van der Waals surface area contributed by atoms with Gasteiger partial charge < -0.3 is 9.26 Å². The molecule has 1 rings (SSSR count). The van der Waals surface area contributed by atoms with Gasteiger partial charge in [0.05, 0.1) is 7.11 Å². The second-order valence-electron chi connectivity index (χ2n) is 1.28. The molecule has 0 radical (unpaired) electrons. The van der Waals surface area contributed by atoms with E-state index in [4.69, 9.17) is 4.74 Å². The SMILES string of the molecule is COc1noc(Br)c1Br. The summed E-state index contributed by atoms with van der Waals surface area (Å²) in [6, 6.07) is 0. The highest BCUT2D eigenvalue weighted by Gasteiger charge is 2.09. The number of hydrogen-bond donors (Lipinski definition) is 0. The van der Waals surface area contributed by atoms with Crippen LogP contribution in [-0.4, -0.2) is 12.3 Å². The zero-order valence-electron chi connectivity index (χ0n) is 4.52. The van der Waals surface area contributed by atoms with E-state index in [1.165, 1.54) is 7.11 Å². The predicted molar refractivity (Wildman–Crippen MR) is 38.5 cm³/mol. The average molecular weight is 257 g/mol. The van der Waals surface area contributed by atoms with Gasteiger partial charge in [0.15, 0.2) is 0 Å². The van der Waals surface area contributed by atoms with Crippen LogP contribution in [-0.2, 0) is 0 Å². The fourth-order valence-corrected chi connectivity index (χ4v) is 0.921. The average Bonchev–Trinajstić information content (AvgIpc) is 2.15. The Kier molecular flexibility index (Phi) is 2.13. The summed E-state index contributed by atoms with van der Waals surface area (Å²) in [6.45, 7) is 0. The van der Waals surface area contributed by atoms with Crippen LogP contribution in [0.4, 0.5) is 0 Å². The van der Waals surface area contributed by atoms with Gasteiger partial charge in [-0.25, -0.2) is 0 Å². The van der Waals surface area contributed by atoms with Crippen molar-refractivity contribution in [1.29, 1.82) is 0 Å². The van der Waals surface area contributed by atoms with Crippen LogP contribution in [0.5, 0.6) is 5.88 Å². The summed E-state index contributed by atoms with van der Waals surface area (Å²) in [6.07, 6.45) is 0. The number of halogens is 2. The van der Waals surface area contributed by atoms with Gasteiger partial charge in [-0.3, -0.25) is 0 Å². The summed E-state index contributed by atoms with van der Waals surface area (Å²) in [5.41, 5.74) is 0. The Bertz CT molecular complexity index is 210. The predicted octanol–water partition coefficient (Wildman–Crippen LogP) is 2.21. The first-order valence-electron chi connectivity index (χ1n) is 2.10. The van der Waals surface area contributed by atoms with Crippen molar-refractivity contribution < 1.29 is 9.26 Å². The molecule has 0 fully saturated rings. The summed E-state index contributed by atoms with van der Waals surface area (Å²) in [4.78, 5) is 0. The number of ether oxygens (including phenoxy) is 1. The smallest absolute Gasteiger partial charge is 0.269 e. The first-order valence-corrected chi connectivity index (χ1v) is 3.69. The van der Waals surface area contributed by atoms with E-state index in [0.717, 1.165) is 0 Å². The molecule has 0 amide bonds. The van der Waals surface area contributed by atoms with Gasteiger partial charge >= 0.3 is 0 Å². The Morgan fingerprint density at radius 1 is 1.56 bits per heavy atom. The van der Waals surface area contributed by atoms with Gasteiger partial charge in [0.1, 0.15) is 4.47 Å². The summed E-state index contributed by atoms with van der Waals surface area (Å²) in [5, 5.41) is 3.54. The minimum absolute atomic E-state index is 0.446. The fraction of sp³-hybridized carbons (Fsp3) is 0.250. The van der Waals surface area contributed by atoms with E-state index in [1.807, 2.05) is 0 Å². The number of hydrogen-bond acceptors (Lipinski definition) is 3. The summed E-state index contributed by atoms with van der Waals surface area (Å²) in [7, 11) is 1.52. The number of methoxy groups -OCH3 is 1. The van der Waals surface area contributed by atoms with Crippen molar-refractivity contribution >= 4 is 31.9 Å². The Morgan fingerprint density at radius 2 is 2.22 bits per heavy atom. The Balaban J connectivity index is 3.04. The first kappa shape index (κ1) is 7.08. The lowest BCUT2D eigenvalue weighted by atomic mass is 10.7. The van der Waals surface area contributed by atoms with Crippen LogP contribution in [0.25, 0.3) is 0 Å². The minimum Gasteiger partial charge on any atom is -0.478 e. The number of nitrogens with zero attached hydrogens (tertiary/aromatic N) is 1. The van der Waals surface area contributed by atoms with Gasteiger partial charge in [-0.2, -0.15) is 0 Å². The quantitative estimate of drug-likeness (QED) is 0.773. The standard InChI is InChI=1S/C4H3Br2NO2/c1-8-4-2(5)3(6)9-7-4/h1H3. The van der Waals surface area contributed by atoms with Crippen LogP contribution in [0.3, 0.4) is 0 Å². The van der Waals surface area contributed by atoms with Crippen molar-refractivity contribution in [1.82, 2.24) is 5.16 Å². The van der Waals surface area contributed by atoms with Crippen LogP contribution >= 0.6 is 31.9 Å². The van der Waals surface area contributed by atoms with Crippen molar-refractivity contribution in [2.75, 3.05) is 7.11 Å². The van der Waals surface area contributed by atoms with Gasteiger partial charge in [-0.15, -0.1) is 0 Å². The number of aromatic nitrogens is 1. The third-order valence-electron chi connectivity index (χ3n) is 0.762. The third-order valence-corrected chi connectivity index (χ3v) is 2.54. The second kappa shape index (κ2) is 2.70. The molecular weight excluding hydrogens is 254 g/mol. The van der Waals surface area contributed by atoms with Gasteiger partial charge in [-0.05, 0) is 37.0 Å². The molecule has 0 atom stereocenters. The number of rotatable bonds is 1. The molecule has 50 valence electrons. The van der Waals surface area contributed by atoms with E-state index in [9.17, 15) is 0 Å². The first-order chi connectivity index (χ1) is 4.25. The van der Waals surface area contributed by atoms with Crippen LogP contribution < -0.4 is 4.74 Å². The van der Waals surface area contributed by atoms with E-state index in [-0.39, 0.29) is 0 Å². The van der Waals surface area contributed by atoms with Crippen molar-refractivity contribution in [2.24, 2.45) is 0 Å². The molecule has 0 aliphatic rings. The van der Waals surface area contributed by atoms with E-state index in [1.54, 1.807) is 0 Å². The Morgan fingerprint density at radius 3 is 2.44 bits per heavy atom. The summed E-state index contributed by atoms with van der Waals surface area (Å²) >= 11 is 6.28. The lowest BCUT2D eigenvalue weighted by Crippen LogP contribution is -1.80. The van der Waals surface area contributed by atoms with Crippen LogP contribution in [0.1, 0.15) is 0 Å². The van der Waals surface area contributed by atoms with E-state index in [0.29, 0.717) is 15.0 Å². The highest BCUT2D eigenvalue weighted by molar-refractivity contribution is 9.13. The van der Waals surface area contributed by atoms with Crippen molar-refractivity contribution in [3.05, 3.63) is 9.14 Å². The molecule has 0 bridgehead atoms. The Labute approximate surface area is 68.6 Å². The molecule has 0 unspecified atom stereocenters. The van der Waals surface area contributed by atoms with Crippen molar-refractivity contribution in [2.45, 2.75) is 0 Å². The van der Waals surface area contributed by atoms with Gasteiger partial charge in [0.25, 0.3) is 5.88 Å². The van der Waals surface area contributed by atoms with Gasteiger partial charge in [0, 0.05) is 0 Å². The molecule has 1 heterocycles. The van der Waals surface area contributed by atoms with Gasteiger partial charge in [0.2, 0.25) is 4.67 Å². The lowest BCUT2D eigenvalue weighted by molar-refractivity contribution is 0.332. The lowest BCUT2D eigenvalue weighted by Gasteiger charge is -1.87. The molecule has 0 saturated carbocycles. The van der Waals surface area contributed by atoms with Crippen molar-refractivity contribution in [3.63, 3.8) is 0 Å². The molecule has 0 aliphatic carbocycles. The zero-order chi connectivity index (χ0) is 6.85. The monoisotopic (exact) mass is 255 g/mol. The molecule has 3 nitrogen and oxygen atoms in total. The van der Waals surface area contributed by atoms with E-state index in [2.05, 4.69) is 41.5 Å². The summed E-state index contributed by atoms with van der Waals surface area (Å²) < 4.78 is 10.7. The molecule has 0 aromatic carbocycles. The fourth-order valence-electron chi connectivity index (χ4n) is 0.373. The van der Waals surface area contributed by atoms with E-state index < -0.39 is 0 Å². The molecule has 1 aromatic rings. The van der Waals surface area contributed by atoms with Gasteiger partial charge in [-0.1, -0.05) is 0 Å². The normalized spacial score (nSPS) is 9.67. The topological polar surface area (TPSA) is 35.3 Å². The molecule has 0 saturated heterocycles. The highest BCUT2D eigenvalue weighted by Crippen LogP contribution is 2.31. The largest absolute Gasteiger partial charge is 0.478 e. The summed E-state index contributed by atoms with van der Waals surface area (Å²) in [5.74, 6) is 0.446. The zero-order valence-corrected chi connectivity index (χ0v) is 7.69. The maximum absolute atomic E-state index is 4.78. The van der Waals surface area contributed by atoms with E-state index >= 15 is 0 Å². The van der Waals surface area contributed by atoms with Crippen molar-refractivity contribution in [3.8, 4) is 5.88 Å². The molecule has 9 heavy (non-hydrogen) atoms. The Hall–Kier alpha value is -0.0300. The molecule has 0 aliphatic heterocycles. The van der Waals surface area contributed by atoms with Crippen LogP contribution in [0, 0.1) is 0 Å². The molecule has 1 aromatic heterocycles. The third kappa shape index (κ3) is 1.27. The highest BCUT2D eigenvalue weighted by atomic mass is 79.9. The molecular formula is C4H3Br2NO2. The second-order valence-corrected chi connectivity index (χ2v) is 2.79. The molecule has 0 N–H and O–H groups in total. The minimum atomic E-state index is 0.446. The molecule has 5 heteroatoms. The molecule has 0 spiro atoms. The maximum atomic E-state index is 4.78. The van der Waals surface area contributed by atoms with Crippen LogP contribution in [0.2, 0.25) is 0 Å². The maximum Gasteiger partial charge on any atom is 0.269 e.